The Kier molecular flexibility index (Phi) is 4.97. The predicted molar refractivity (Wildman–Crippen MR) is 87.6 cm³/mol. The summed E-state index contributed by atoms with van der Waals surface area (Å²) in [6.45, 7) is 1.89. The molecule has 0 saturated carbocycles. The number of halogens is 2. The normalized spacial score (nSPS) is 12.0. The fourth-order valence-electron chi connectivity index (χ4n) is 1.72. The van der Waals surface area contributed by atoms with Crippen LogP contribution in [0.2, 0.25) is 0 Å². The van der Waals surface area contributed by atoms with Crippen molar-refractivity contribution in [2.45, 2.75) is 13.0 Å². The number of rotatable bonds is 4. The van der Waals surface area contributed by atoms with E-state index in [2.05, 4.69) is 31.9 Å². The lowest BCUT2D eigenvalue weighted by molar-refractivity contribution is -0.385. The van der Waals surface area contributed by atoms with Crippen molar-refractivity contribution < 1.29 is 9.66 Å². The molecule has 5 nitrogen and oxygen atoms in total. The maximum atomic E-state index is 10.9. The molecule has 0 heterocycles. The van der Waals surface area contributed by atoms with Gasteiger partial charge in [0.15, 0.2) is 0 Å². The van der Waals surface area contributed by atoms with Gasteiger partial charge in [-0.1, -0.05) is 12.1 Å². The Morgan fingerprint density at radius 2 is 1.95 bits per heavy atom. The van der Waals surface area contributed by atoms with Crippen LogP contribution in [-0.4, -0.2) is 4.92 Å². The van der Waals surface area contributed by atoms with Crippen LogP contribution in [0.3, 0.4) is 0 Å². The van der Waals surface area contributed by atoms with Gasteiger partial charge in [-0.15, -0.1) is 0 Å². The van der Waals surface area contributed by atoms with Crippen LogP contribution in [0.1, 0.15) is 18.5 Å². The van der Waals surface area contributed by atoms with E-state index in [0.717, 1.165) is 10.0 Å². The first-order valence-electron chi connectivity index (χ1n) is 6.06. The molecule has 110 valence electrons. The smallest absolute Gasteiger partial charge is 0.287 e. The summed E-state index contributed by atoms with van der Waals surface area (Å²) in [5.74, 6) is 0.930. The van der Waals surface area contributed by atoms with E-state index >= 15 is 0 Å². The summed E-state index contributed by atoms with van der Waals surface area (Å²) >= 11 is 6.61. The number of benzene rings is 2. The standard InChI is InChI=1S/C14H12Br2N2O3/c1-8(17)9-5-6-12(10(15)7-9)21-13-4-2-3-11(14(13)16)18(19)20/h2-8H,17H2,1H3/t8-/m0/s1. The van der Waals surface area contributed by atoms with Gasteiger partial charge in [-0.05, 0) is 62.5 Å². The number of nitro groups is 1. The van der Waals surface area contributed by atoms with Crippen molar-refractivity contribution >= 4 is 37.5 Å². The van der Waals surface area contributed by atoms with Crippen LogP contribution in [0, 0.1) is 10.1 Å². The molecule has 0 aliphatic carbocycles. The number of hydrogen-bond acceptors (Lipinski definition) is 4. The van der Waals surface area contributed by atoms with Crippen molar-refractivity contribution in [2.24, 2.45) is 5.73 Å². The van der Waals surface area contributed by atoms with Crippen LogP contribution in [0.5, 0.6) is 11.5 Å². The highest BCUT2D eigenvalue weighted by Gasteiger charge is 2.17. The van der Waals surface area contributed by atoms with Crippen LogP contribution < -0.4 is 10.5 Å². The molecule has 21 heavy (non-hydrogen) atoms. The first-order chi connectivity index (χ1) is 9.90. The van der Waals surface area contributed by atoms with Crippen molar-refractivity contribution in [3.8, 4) is 11.5 Å². The number of hydrogen-bond donors (Lipinski definition) is 1. The molecule has 1 atom stereocenters. The summed E-state index contributed by atoms with van der Waals surface area (Å²) in [5, 5.41) is 10.9. The largest absolute Gasteiger partial charge is 0.455 e. The van der Waals surface area contributed by atoms with Gasteiger partial charge >= 0.3 is 0 Å². The van der Waals surface area contributed by atoms with Crippen LogP contribution in [0.4, 0.5) is 5.69 Å². The summed E-state index contributed by atoms with van der Waals surface area (Å²) in [4.78, 5) is 10.4. The molecule has 0 fully saturated rings. The van der Waals surface area contributed by atoms with E-state index in [4.69, 9.17) is 10.5 Å². The minimum Gasteiger partial charge on any atom is -0.455 e. The molecular formula is C14H12Br2N2O3. The Morgan fingerprint density at radius 1 is 1.24 bits per heavy atom. The Morgan fingerprint density at radius 3 is 2.52 bits per heavy atom. The van der Waals surface area contributed by atoms with E-state index in [9.17, 15) is 10.1 Å². The highest BCUT2D eigenvalue weighted by molar-refractivity contribution is 9.11. The average molecular weight is 416 g/mol. The fourth-order valence-corrected chi connectivity index (χ4v) is 2.69. The first-order valence-corrected chi connectivity index (χ1v) is 7.64. The van der Waals surface area contributed by atoms with Crippen LogP contribution in [0.15, 0.2) is 45.3 Å². The topological polar surface area (TPSA) is 78.4 Å². The molecule has 0 aromatic heterocycles. The van der Waals surface area contributed by atoms with Crippen LogP contribution >= 0.6 is 31.9 Å². The van der Waals surface area contributed by atoms with E-state index in [1.165, 1.54) is 6.07 Å². The summed E-state index contributed by atoms with van der Waals surface area (Å²) < 4.78 is 6.76. The molecule has 2 aromatic rings. The van der Waals surface area contributed by atoms with Gasteiger partial charge in [0.05, 0.1) is 9.40 Å². The second kappa shape index (κ2) is 6.55. The molecule has 0 unspecified atom stereocenters. The highest BCUT2D eigenvalue weighted by atomic mass is 79.9. The Hall–Kier alpha value is -1.44. The Labute approximate surface area is 138 Å². The van der Waals surface area contributed by atoms with E-state index in [1.54, 1.807) is 18.2 Å². The third-order valence-corrected chi connectivity index (χ3v) is 4.26. The molecule has 7 heteroatoms. The summed E-state index contributed by atoms with van der Waals surface area (Å²) in [6, 6.07) is 10.0. The Bertz CT molecular complexity index is 690. The number of nitrogens with two attached hydrogens (primary N) is 1. The zero-order valence-corrected chi connectivity index (χ0v) is 14.2. The van der Waals surface area contributed by atoms with E-state index in [-0.39, 0.29) is 11.7 Å². The van der Waals surface area contributed by atoms with Gasteiger partial charge in [-0.25, -0.2) is 0 Å². The molecule has 0 radical (unpaired) electrons. The summed E-state index contributed by atoms with van der Waals surface area (Å²) in [6.07, 6.45) is 0. The van der Waals surface area contributed by atoms with Crippen molar-refractivity contribution in [1.82, 2.24) is 0 Å². The second-order valence-electron chi connectivity index (χ2n) is 4.43. The molecular weight excluding hydrogens is 404 g/mol. The van der Waals surface area contributed by atoms with Gasteiger partial charge in [-0.2, -0.15) is 0 Å². The van der Waals surface area contributed by atoms with Gasteiger partial charge < -0.3 is 10.5 Å². The maximum absolute atomic E-state index is 10.9. The molecule has 0 amide bonds. The molecule has 0 bridgehead atoms. The van der Waals surface area contributed by atoms with Gasteiger partial charge in [-0.3, -0.25) is 10.1 Å². The second-order valence-corrected chi connectivity index (χ2v) is 6.07. The predicted octanol–water partition coefficient (Wildman–Crippen LogP) is 4.93. The molecule has 0 spiro atoms. The lowest BCUT2D eigenvalue weighted by atomic mass is 10.1. The van der Waals surface area contributed by atoms with Gasteiger partial charge in [0.1, 0.15) is 16.0 Å². The van der Waals surface area contributed by atoms with Gasteiger partial charge in [0.25, 0.3) is 5.69 Å². The van der Waals surface area contributed by atoms with Crippen LogP contribution in [-0.2, 0) is 0 Å². The molecule has 0 aliphatic rings. The van der Waals surface area contributed by atoms with Crippen molar-refractivity contribution in [1.29, 1.82) is 0 Å². The molecule has 2 rings (SSSR count). The lowest BCUT2D eigenvalue weighted by Crippen LogP contribution is -2.04. The minimum atomic E-state index is -0.467. The molecule has 0 saturated heterocycles. The zero-order chi connectivity index (χ0) is 15.6. The van der Waals surface area contributed by atoms with Crippen LogP contribution in [0.25, 0.3) is 0 Å². The highest BCUT2D eigenvalue weighted by Crippen LogP contribution is 2.38. The maximum Gasteiger partial charge on any atom is 0.287 e. The molecule has 2 aromatic carbocycles. The molecule has 2 N–H and O–H groups in total. The van der Waals surface area contributed by atoms with Crippen molar-refractivity contribution in [2.75, 3.05) is 0 Å². The van der Waals surface area contributed by atoms with Crippen molar-refractivity contribution in [3.63, 3.8) is 0 Å². The zero-order valence-electron chi connectivity index (χ0n) is 11.0. The van der Waals surface area contributed by atoms with E-state index < -0.39 is 4.92 Å². The van der Waals surface area contributed by atoms with Gasteiger partial charge in [0.2, 0.25) is 0 Å². The number of nitrogens with zero attached hydrogens (tertiary/aromatic N) is 1. The average Bonchev–Trinajstić information content (AvgIpc) is 2.42. The third kappa shape index (κ3) is 3.61. The summed E-state index contributed by atoms with van der Waals surface area (Å²) in [5.41, 5.74) is 6.74. The lowest BCUT2D eigenvalue weighted by Gasteiger charge is -2.12. The SMILES string of the molecule is C[C@H](N)c1ccc(Oc2cccc([N+](=O)[O-])c2Br)c(Br)c1. The Balaban J connectivity index is 2.35. The minimum absolute atomic E-state index is 0.0455. The van der Waals surface area contributed by atoms with Crippen molar-refractivity contribution in [3.05, 3.63) is 61.0 Å². The van der Waals surface area contributed by atoms with Gasteiger partial charge in [0, 0.05) is 12.1 Å². The van der Waals surface area contributed by atoms with E-state index in [0.29, 0.717) is 16.0 Å². The van der Waals surface area contributed by atoms with E-state index in [1.807, 2.05) is 19.1 Å². The molecule has 0 aliphatic heterocycles. The summed E-state index contributed by atoms with van der Waals surface area (Å²) in [7, 11) is 0. The quantitative estimate of drug-likeness (QED) is 0.567. The number of nitro benzene ring substituents is 1. The number of ether oxygens (including phenoxy) is 1. The fraction of sp³-hybridized carbons (Fsp3) is 0.143. The first kappa shape index (κ1) is 15.9. The third-order valence-electron chi connectivity index (χ3n) is 2.84. The monoisotopic (exact) mass is 414 g/mol.